The first kappa shape index (κ1) is 37.3. The molecular weight excluding hydrogens is 734 g/mol. The summed E-state index contributed by atoms with van der Waals surface area (Å²) in [7, 11) is 0. The Bertz CT molecular complexity index is 2460. The second-order valence-corrected chi connectivity index (χ2v) is 16.8. The largest absolute Gasteiger partial charge is 0.433 e. The van der Waals surface area contributed by atoms with Gasteiger partial charge in [0.1, 0.15) is 11.4 Å². The first-order valence-electron chi connectivity index (χ1n) is 18.2. The van der Waals surface area contributed by atoms with Gasteiger partial charge in [0.05, 0.1) is 16.4 Å². The molecule has 3 atom stereocenters. The van der Waals surface area contributed by atoms with Crippen LogP contribution in [-0.4, -0.2) is 31.5 Å². The smallest absolute Gasteiger partial charge is 0.342 e. The van der Waals surface area contributed by atoms with E-state index in [-0.39, 0.29) is 47.7 Å². The fourth-order valence-corrected chi connectivity index (χ4v) is 9.83. The van der Waals surface area contributed by atoms with Crippen molar-refractivity contribution in [3.63, 3.8) is 0 Å². The van der Waals surface area contributed by atoms with Crippen LogP contribution in [0.2, 0.25) is 0 Å². The van der Waals surface area contributed by atoms with E-state index in [9.17, 15) is 35.9 Å². The summed E-state index contributed by atoms with van der Waals surface area (Å²) in [6, 6.07) is 13.9. The van der Waals surface area contributed by atoms with Crippen LogP contribution in [0, 0.1) is 23.2 Å². The average molecular weight is 773 g/mol. The molecule has 3 N–H and O–H groups in total. The summed E-state index contributed by atoms with van der Waals surface area (Å²) >= 11 is 0. The number of rotatable bonds is 4. The Kier molecular flexibility index (Phi) is 7.98. The van der Waals surface area contributed by atoms with Crippen LogP contribution in [0.1, 0.15) is 99.5 Å². The first-order valence-corrected chi connectivity index (χ1v) is 18.2. The highest BCUT2D eigenvalue weighted by Gasteiger charge is 2.56. The van der Waals surface area contributed by atoms with Crippen LogP contribution >= 0.6 is 0 Å². The summed E-state index contributed by atoms with van der Waals surface area (Å²) < 4.78 is 88.8. The highest BCUT2D eigenvalue weighted by atomic mass is 19.4. The Labute approximate surface area is 318 Å². The molecular formula is C42H38F6N6O2. The van der Waals surface area contributed by atoms with Gasteiger partial charge in [0.25, 0.3) is 0 Å². The van der Waals surface area contributed by atoms with Crippen LogP contribution in [0.3, 0.4) is 0 Å². The van der Waals surface area contributed by atoms with Gasteiger partial charge in [0.15, 0.2) is 23.2 Å². The highest BCUT2D eigenvalue weighted by Crippen LogP contribution is 2.58. The number of benzene rings is 2. The number of fused-ring (bicyclic) bond motifs is 2. The number of Topliss-reactive ketones (excluding diaryl/α,β-unsaturated/α-hetero) is 2. The number of aromatic amines is 1. The third-order valence-electron chi connectivity index (χ3n) is 12.0. The predicted molar refractivity (Wildman–Crippen MR) is 196 cm³/mol. The molecule has 14 heteroatoms. The van der Waals surface area contributed by atoms with Crippen molar-refractivity contribution in [3.05, 3.63) is 116 Å². The van der Waals surface area contributed by atoms with Crippen LogP contribution in [0.15, 0.2) is 77.1 Å². The fourth-order valence-electron chi connectivity index (χ4n) is 9.83. The van der Waals surface area contributed by atoms with Crippen molar-refractivity contribution in [2.75, 3.05) is 10.6 Å². The monoisotopic (exact) mass is 772 g/mol. The Morgan fingerprint density at radius 1 is 0.750 bits per heavy atom. The molecule has 0 bridgehead atoms. The van der Waals surface area contributed by atoms with Gasteiger partial charge in [0, 0.05) is 53.1 Å². The molecule has 4 aromatic rings. The third kappa shape index (κ3) is 5.44. The minimum Gasteiger partial charge on any atom is -0.342 e. The summed E-state index contributed by atoms with van der Waals surface area (Å²) in [6.07, 6.45) is -2.99. The first-order chi connectivity index (χ1) is 26.1. The highest BCUT2D eigenvalue weighted by molar-refractivity contribution is 6.04. The molecule has 0 spiro atoms. The number of alkyl halides is 6. The minimum atomic E-state index is -5.03. The summed E-state index contributed by atoms with van der Waals surface area (Å²) in [5.74, 6) is 2.31. The second kappa shape index (κ2) is 12.0. The maximum Gasteiger partial charge on any atom is 0.433 e. The molecule has 4 heterocycles. The number of aromatic nitrogens is 4. The Hall–Kier alpha value is -5.58. The molecule has 2 aromatic heterocycles. The van der Waals surface area contributed by atoms with Crippen molar-refractivity contribution in [1.82, 2.24) is 20.0 Å². The second-order valence-electron chi connectivity index (χ2n) is 16.8. The summed E-state index contributed by atoms with van der Waals surface area (Å²) in [6.45, 7) is 9.11. The van der Waals surface area contributed by atoms with Crippen molar-refractivity contribution in [2.24, 2.45) is 10.8 Å². The van der Waals surface area contributed by atoms with Gasteiger partial charge in [-0.1, -0.05) is 75.2 Å². The number of anilines is 2. The average Bonchev–Trinajstić information content (AvgIpc) is 3.69. The van der Waals surface area contributed by atoms with Crippen LogP contribution in [0.25, 0.3) is 0 Å². The third-order valence-corrected chi connectivity index (χ3v) is 12.0. The SMILES string of the molecule is C#Cc1c2c(nn1CC1(C)CC(=O)C3=C(C1)Nc1n[nH]c(C(F)(F)F)c1C3(C)c1ccccc1C(F)(F)F)NC1=C(C(=O)CC(C)(C)C1)C2(C)c1ccccc1. The van der Waals surface area contributed by atoms with Gasteiger partial charge < -0.3 is 10.6 Å². The number of nitrogens with zero attached hydrogens (tertiary/aromatic N) is 3. The van der Waals surface area contributed by atoms with E-state index in [1.807, 2.05) is 56.2 Å². The summed E-state index contributed by atoms with van der Waals surface area (Å²) in [5.41, 5.74) is -4.91. The van der Waals surface area contributed by atoms with Gasteiger partial charge in [-0.3, -0.25) is 19.4 Å². The number of hydrogen-bond donors (Lipinski definition) is 3. The van der Waals surface area contributed by atoms with Gasteiger partial charge >= 0.3 is 12.4 Å². The molecule has 8 nitrogen and oxygen atoms in total. The van der Waals surface area contributed by atoms with E-state index in [1.54, 1.807) is 11.6 Å². The number of carbonyl (C=O) groups is 2. The quantitative estimate of drug-likeness (QED) is 0.141. The van der Waals surface area contributed by atoms with Crippen LogP contribution in [-0.2, 0) is 39.3 Å². The van der Waals surface area contributed by atoms with E-state index < -0.39 is 56.8 Å². The maximum absolute atomic E-state index is 14.6. The molecule has 2 aliphatic carbocycles. The normalized spacial score (nSPS) is 25.8. The Morgan fingerprint density at radius 3 is 2.02 bits per heavy atom. The molecule has 8 rings (SSSR count). The molecule has 0 amide bonds. The number of ketones is 2. The van der Waals surface area contributed by atoms with E-state index in [0.717, 1.165) is 29.5 Å². The zero-order chi connectivity index (χ0) is 40.4. The zero-order valence-electron chi connectivity index (χ0n) is 31.2. The minimum absolute atomic E-state index is 0.00860. The van der Waals surface area contributed by atoms with Gasteiger partial charge in [-0.2, -0.15) is 36.5 Å². The van der Waals surface area contributed by atoms with Crippen molar-refractivity contribution >= 4 is 23.2 Å². The standard InChI is InChI=1S/C42H38F6N6O2/c1-7-27-32-36(50-25-17-37(2,3)19-28(55)30(25)39(32,5)22-13-9-8-10-14-22)53-54(27)21-38(4)18-26-31(29(56)20-38)40(6,23-15-11-12-16-24(23)41(43,44)45)33-34(42(46,47)48)51-52-35(33)49-26/h1,8-16H,17-21H2,2-6H3,(H,50,53)(H2,49,51,52). The summed E-state index contributed by atoms with van der Waals surface area (Å²) in [4.78, 5) is 28.6. The molecule has 2 aromatic carbocycles. The molecule has 0 saturated carbocycles. The molecule has 0 fully saturated rings. The van der Waals surface area contributed by atoms with Crippen molar-refractivity contribution in [2.45, 2.75) is 90.0 Å². The van der Waals surface area contributed by atoms with Crippen LogP contribution in [0.5, 0.6) is 0 Å². The predicted octanol–water partition coefficient (Wildman–Crippen LogP) is 9.05. The van der Waals surface area contributed by atoms with Gasteiger partial charge in [-0.15, -0.1) is 6.42 Å². The lowest BCUT2D eigenvalue weighted by Crippen LogP contribution is -2.45. The van der Waals surface area contributed by atoms with Gasteiger partial charge in [0.2, 0.25) is 0 Å². The lowest BCUT2D eigenvalue weighted by molar-refractivity contribution is -0.142. The van der Waals surface area contributed by atoms with Gasteiger partial charge in [-0.25, -0.2) is 0 Å². The number of hydrogen-bond acceptors (Lipinski definition) is 6. The lowest BCUT2D eigenvalue weighted by Gasteiger charge is -2.45. The molecule has 0 radical (unpaired) electrons. The number of allylic oxidation sites excluding steroid dienone is 4. The summed E-state index contributed by atoms with van der Waals surface area (Å²) in [5, 5.41) is 17.2. The molecule has 0 saturated heterocycles. The van der Waals surface area contributed by atoms with Crippen LogP contribution < -0.4 is 10.6 Å². The maximum atomic E-state index is 14.6. The van der Waals surface area contributed by atoms with Crippen molar-refractivity contribution < 1.29 is 35.9 Å². The number of nitrogens with one attached hydrogen (secondary N) is 3. The Morgan fingerprint density at radius 2 is 1.36 bits per heavy atom. The van der Waals surface area contributed by atoms with E-state index in [1.165, 1.54) is 13.0 Å². The van der Waals surface area contributed by atoms with E-state index >= 15 is 0 Å². The Balaban J connectivity index is 1.26. The number of terminal acetylenes is 1. The van der Waals surface area contributed by atoms with Gasteiger partial charge in [-0.05, 0) is 54.7 Å². The number of carbonyl (C=O) groups excluding carboxylic acids is 2. The molecule has 56 heavy (non-hydrogen) atoms. The molecule has 2 aliphatic heterocycles. The van der Waals surface area contributed by atoms with Crippen LogP contribution in [0.4, 0.5) is 38.0 Å². The lowest BCUT2D eigenvalue weighted by atomic mass is 9.60. The topological polar surface area (TPSA) is 105 Å². The van der Waals surface area contributed by atoms with E-state index in [2.05, 4.69) is 21.7 Å². The van der Waals surface area contributed by atoms with Crippen molar-refractivity contribution in [1.29, 1.82) is 0 Å². The molecule has 3 unspecified atom stereocenters. The molecule has 4 aliphatic rings. The number of halogens is 6. The number of H-pyrrole nitrogens is 1. The zero-order valence-corrected chi connectivity index (χ0v) is 31.2. The molecule has 290 valence electrons. The fraction of sp³-hybridized carbons (Fsp3) is 0.381. The van der Waals surface area contributed by atoms with E-state index in [0.29, 0.717) is 35.5 Å². The van der Waals surface area contributed by atoms with Crippen molar-refractivity contribution in [3.8, 4) is 12.3 Å². The van der Waals surface area contributed by atoms with E-state index in [4.69, 9.17) is 11.5 Å².